The average Bonchev–Trinajstić information content (AvgIpc) is 2.55. The minimum Gasteiger partial charge on any atom is -0.469 e. The molecule has 15 heavy (non-hydrogen) atoms. The highest BCUT2D eigenvalue weighted by atomic mass is 16.5. The molecule has 0 spiro atoms. The number of carbonyl (C=O) groups excluding carboxylic acids is 1. The number of nitrogens with zero attached hydrogens (tertiary/aromatic N) is 1. The Hall–Kier alpha value is -1.77. The number of aromatic nitrogens is 1. The van der Waals surface area contributed by atoms with E-state index in [1.165, 1.54) is 7.11 Å². The number of fused-ring (bicyclic) bond motifs is 1. The van der Waals surface area contributed by atoms with Crippen LogP contribution in [0.3, 0.4) is 0 Å². The van der Waals surface area contributed by atoms with Gasteiger partial charge in [-0.05, 0) is 30.7 Å². The lowest BCUT2D eigenvalue weighted by molar-refractivity contribution is -0.139. The van der Waals surface area contributed by atoms with Crippen LogP contribution in [-0.2, 0) is 16.0 Å². The lowest BCUT2D eigenvalue weighted by Gasteiger charge is -2.02. The Balaban J connectivity index is 2.49. The standard InChI is InChI=1S/C12H13NO2/c1-9-7-10-5-3-4-6-13(10)11(9)8-12(14)15-2/h3-7H,8H2,1-2H3. The largest absolute Gasteiger partial charge is 0.469 e. The molecule has 3 nitrogen and oxygen atoms in total. The molecule has 0 unspecified atom stereocenters. The van der Waals surface area contributed by atoms with E-state index in [2.05, 4.69) is 10.8 Å². The molecule has 0 amide bonds. The normalized spacial score (nSPS) is 10.5. The number of ether oxygens (including phenoxy) is 1. The van der Waals surface area contributed by atoms with Gasteiger partial charge in [-0.1, -0.05) is 6.07 Å². The van der Waals surface area contributed by atoms with E-state index in [-0.39, 0.29) is 5.97 Å². The topological polar surface area (TPSA) is 30.7 Å². The second kappa shape index (κ2) is 3.77. The Kier molecular flexibility index (Phi) is 2.46. The lowest BCUT2D eigenvalue weighted by Crippen LogP contribution is -2.07. The predicted molar refractivity (Wildman–Crippen MR) is 57.9 cm³/mol. The van der Waals surface area contributed by atoms with Crippen molar-refractivity contribution in [2.75, 3.05) is 7.11 Å². The van der Waals surface area contributed by atoms with Crippen molar-refractivity contribution in [1.82, 2.24) is 4.40 Å². The lowest BCUT2D eigenvalue weighted by atomic mass is 10.2. The highest BCUT2D eigenvalue weighted by Crippen LogP contribution is 2.16. The first-order valence-corrected chi connectivity index (χ1v) is 4.85. The summed E-state index contributed by atoms with van der Waals surface area (Å²) in [6, 6.07) is 8.02. The van der Waals surface area contributed by atoms with Crippen LogP contribution in [0.25, 0.3) is 5.52 Å². The molecular weight excluding hydrogens is 190 g/mol. The van der Waals surface area contributed by atoms with Crippen LogP contribution in [0, 0.1) is 6.92 Å². The molecule has 0 aliphatic heterocycles. The van der Waals surface area contributed by atoms with Crippen LogP contribution >= 0.6 is 0 Å². The number of esters is 1. The summed E-state index contributed by atoms with van der Waals surface area (Å²) in [7, 11) is 1.41. The summed E-state index contributed by atoms with van der Waals surface area (Å²) in [4.78, 5) is 11.2. The summed E-state index contributed by atoms with van der Waals surface area (Å²) in [6.07, 6.45) is 2.28. The smallest absolute Gasteiger partial charge is 0.311 e. The van der Waals surface area contributed by atoms with Gasteiger partial charge in [0.25, 0.3) is 0 Å². The molecule has 0 saturated carbocycles. The fourth-order valence-electron chi connectivity index (χ4n) is 1.75. The van der Waals surface area contributed by atoms with E-state index < -0.39 is 0 Å². The first kappa shape index (κ1) is 9.77. The van der Waals surface area contributed by atoms with Gasteiger partial charge in [-0.25, -0.2) is 0 Å². The molecule has 78 valence electrons. The van der Waals surface area contributed by atoms with Gasteiger partial charge in [0, 0.05) is 17.4 Å². The van der Waals surface area contributed by atoms with Crippen LogP contribution in [0.15, 0.2) is 30.5 Å². The van der Waals surface area contributed by atoms with Crippen molar-refractivity contribution >= 4 is 11.5 Å². The number of hydrogen-bond acceptors (Lipinski definition) is 2. The highest BCUT2D eigenvalue weighted by molar-refractivity contribution is 5.73. The number of pyridine rings is 1. The van der Waals surface area contributed by atoms with E-state index in [0.29, 0.717) is 6.42 Å². The van der Waals surface area contributed by atoms with Gasteiger partial charge in [-0.15, -0.1) is 0 Å². The fraction of sp³-hybridized carbons (Fsp3) is 0.250. The highest BCUT2D eigenvalue weighted by Gasteiger charge is 2.10. The predicted octanol–water partition coefficient (Wildman–Crippen LogP) is 1.96. The van der Waals surface area contributed by atoms with Gasteiger partial charge >= 0.3 is 5.97 Å². The van der Waals surface area contributed by atoms with E-state index in [1.807, 2.05) is 35.7 Å². The van der Waals surface area contributed by atoms with Gasteiger partial charge in [-0.2, -0.15) is 0 Å². The molecule has 0 bridgehead atoms. The monoisotopic (exact) mass is 203 g/mol. The van der Waals surface area contributed by atoms with Crippen LogP contribution in [0.2, 0.25) is 0 Å². The molecule has 0 fully saturated rings. The molecule has 2 heterocycles. The van der Waals surface area contributed by atoms with Crippen molar-refractivity contribution in [2.45, 2.75) is 13.3 Å². The van der Waals surface area contributed by atoms with Crippen molar-refractivity contribution in [3.63, 3.8) is 0 Å². The number of carbonyl (C=O) groups is 1. The van der Waals surface area contributed by atoms with E-state index in [4.69, 9.17) is 0 Å². The zero-order valence-electron chi connectivity index (χ0n) is 8.86. The van der Waals surface area contributed by atoms with Crippen LogP contribution in [0.4, 0.5) is 0 Å². The molecule has 3 heteroatoms. The van der Waals surface area contributed by atoms with E-state index in [0.717, 1.165) is 16.8 Å². The summed E-state index contributed by atoms with van der Waals surface area (Å²) in [5.41, 5.74) is 3.22. The van der Waals surface area contributed by atoms with Gasteiger partial charge in [0.1, 0.15) is 0 Å². The minimum atomic E-state index is -0.207. The van der Waals surface area contributed by atoms with E-state index in [1.54, 1.807) is 0 Å². The van der Waals surface area contributed by atoms with Crippen LogP contribution in [0.5, 0.6) is 0 Å². The van der Waals surface area contributed by atoms with Crippen LogP contribution in [-0.4, -0.2) is 17.5 Å². The van der Waals surface area contributed by atoms with Crippen LogP contribution in [0.1, 0.15) is 11.3 Å². The molecule has 0 saturated heterocycles. The Morgan fingerprint density at radius 3 is 3.00 bits per heavy atom. The van der Waals surface area contributed by atoms with Crippen molar-refractivity contribution in [3.8, 4) is 0 Å². The van der Waals surface area contributed by atoms with Crippen molar-refractivity contribution < 1.29 is 9.53 Å². The molecule has 2 aromatic rings. The van der Waals surface area contributed by atoms with Crippen molar-refractivity contribution in [3.05, 3.63) is 41.7 Å². The molecule has 0 aromatic carbocycles. The Labute approximate surface area is 88.3 Å². The summed E-state index contributed by atoms with van der Waals surface area (Å²) in [5, 5.41) is 0. The summed E-state index contributed by atoms with van der Waals surface area (Å²) < 4.78 is 6.70. The second-order valence-electron chi connectivity index (χ2n) is 3.52. The molecule has 0 aliphatic rings. The second-order valence-corrected chi connectivity index (χ2v) is 3.52. The van der Waals surface area contributed by atoms with Gasteiger partial charge in [0.05, 0.1) is 13.5 Å². The molecule has 2 rings (SSSR count). The van der Waals surface area contributed by atoms with E-state index in [9.17, 15) is 4.79 Å². The Morgan fingerprint density at radius 1 is 1.47 bits per heavy atom. The van der Waals surface area contributed by atoms with Gasteiger partial charge in [0.2, 0.25) is 0 Å². The SMILES string of the molecule is COC(=O)Cc1c(C)cc2ccccn12. The quantitative estimate of drug-likeness (QED) is 0.698. The van der Waals surface area contributed by atoms with Crippen molar-refractivity contribution in [1.29, 1.82) is 0 Å². The summed E-state index contributed by atoms with van der Waals surface area (Å²) in [5.74, 6) is -0.207. The third-order valence-corrected chi connectivity index (χ3v) is 2.54. The summed E-state index contributed by atoms with van der Waals surface area (Å²) >= 11 is 0. The molecule has 0 atom stereocenters. The zero-order valence-corrected chi connectivity index (χ0v) is 8.86. The van der Waals surface area contributed by atoms with E-state index >= 15 is 0 Å². The number of rotatable bonds is 2. The molecule has 0 radical (unpaired) electrons. The maximum absolute atomic E-state index is 11.2. The van der Waals surface area contributed by atoms with Gasteiger partial charge < -0.3 is 9.14 Å². The Morgan fingerprint density at radius 2 is 2.27 bits per heavy atom. The maximum atomic E-state index is 11.2. The molecular formula is C12H13NO2. The van der Waals surface area contributed by atoms with Crippen LogP contribution < -0.4 is 0 Å². The minimum absolute atomic E-state index is 0.207. The van der Waals surface area contributed by atoms with Crippen molar-refractivity contribution in [2.24, 2.45) is 0 Å². The first-order chi connectivity index (χ1) is 7.22. The zero-order chi connectivity index (χ0) is 10.8. The summed E-state index contributed by atoms with van der Waals surface area (Å²) in [6.45, 7) is 2.01. The molecule has 2 aromatic heterocycles. The fourth-order valence-corrected chi connectivity index (χ4v) is 1.75. The molecule has 0 N–H and O–H groups in total. The first-order valence-electron chi connectivity index (χ1n) is 4.85. The third-order valence-electron chi connectivity index (χ3n) is 2.54. The molecule has 0 aliphatic carbocycles. The van der Waals surface area contributed by atoms with Gasteiger partial charge in [-0.3, -0.25) is 4.79 Å². The number of aryl methyl sites for hydroxylation is 1. The Bertz CT molecular complexity index is 499. The van der Waals surface area contributed by atoms with Gasteiger partial charge in [0.15, 0.2) is 0 Å². The maximum Gasteiger partial charge on any atom is 0.311 e. The average molecular weight is 203 g/mol. The third kappa shape index (κ3) is 1.73. The number of hydrogen-bond donors (Lipinski definition) is 0. The number of methoxy groups -OCH3 is 1.